The Morgan fingerprint density at radius 2 is 2.13 bits per heavy atom. The van der Waals surface area contributed by atoms with Crippen LogP contribution in [0.1, 0.15) is 42.7 Å². The molecule has 30 heavy (non-hydrogen) atoms. The van der Waals surface area contributed by atoms with E-state index in [1.807, 2.05) is 6.92 Å². The standard InChI is InChI=1S/C19H25F3N6O2/c1-12-5-4-8-27(11-12)13(2)9-23-18(29)14-10-24-28(17(14)19(20,21)22)15-6-7-16(30-3)26-25-15/h6-7,10,12-13H,4-5,8-9,11H2,1-3H3,(H,23,29). The molecular formula is C19H25F3N6O2. The molecule has 0 spiro atoms. The van der Waals surface area contributed by atoms with Gasteiger partial charge in [-0.05, 0) is 38.3 Å². The van der Waals surface area contributed by atoms with Gasteiger partial charge < -0.3 is 10.1 Å². The Hall–Kier alpha value is -2.69. The molecule has 0 aliphatic carbocycles. The highest BCUT2D eigenvalue weighted by atomic mass is 19.4. The number of halogens is 3. The third-order valence-corrected chi connectivity index (χ3v) is 5.20. The van der Waals surface area contributed by atoms with Crippen LogP contribution >= 0.6 is 0 Å². The number of nitrogens with one attached hydrogen (secondary N) is 1. The molecule has 0 bridgehead atoms. The van der Waals surface area contributed by atoms with Gasteiger partial charge in [0.05, 0.1) is 18.9 Å². The van der Waals surface area contributed by atoms with Gasteiger partial charge in [-0.3, -0.25) is 9.69 Å². The van der Waals surface area contributed by atoms with Gasteiger partial charge in [-0.25, -0.2) is 4.68 Å². The van der Waals surface area contributed by atoms with Crippen molar-refractivity contribution in [3.8, 4) is 11.7 Å². The molecule has 1 fully saturated rings. The monoisotopic (exact) mass is 426 g/mol. The van der Waals surface area contributed by atoms with Gasteiger partial charge in [-0.15, -0.1) is 10.2 Å². The van der Waals surface area contributed by atoms with Crippen molar-refractivity contribution in [3.05, 3.63) is 29.6 Å². The van der Waals surface area contributed by atoms with Crippen molar-refractivity contribution in [1.29, 1.82) is 0 Å². The molecule has 0 aromatic carbocycles. The maximum absolute atomic E-state index is 13.7. The molecule has 164 valence electrons. The summed E-state index contributed by atoms with van der Waals surface area (Å²) >= 11 is 0. The fourth-order valence-electron chi connectivity index (χ4n) is 3.59. The highest BCUT2D eigenvalue weighted by Gasteiger charge is 2.41. The number of alkyl halides is 3. The SMILES string of the molecule is COc1ccc(-n2ncc(C(=O)NCC(C)N3CCCC(C)C3)c2C(F)(F)F)nn1. The van der Waals surface area contributed by atoms with Crippen LogP contribution in [0.25, 0.3) is 5.82 Å². The van der Waals surface area contributed by atoms with Gasteiger partial charge in [-0.1, -0.05) is 6.92 Å². The van der Waals surface area contributed by atoms with E-state index in [1.165, 1.54) is 19.2 Å². The van der Waals surface area contributed by atoms with Gasteiger partial charge >= 0.3 is 6.18 Å². The molecule has 1 aliphatic heterocycles. The topological polar surface area (TPSA) is 85.2 Å². The van der Waals surface area contributed by atoms with Crippen molar-refractivity contribution >= 4 is 5.91 Å². The highest BCUT2D eigenvalue weighted by molar-refractivity contribution is 5.95. The number of likely N-dealkylation sites (tertiary alicyclic amines) is 1. The van der Waals surface area contributed by atoms with Gasteiger partial charge in [0.15, 0.2) is 11.5 Å². The molecule has 2 aromatic rings. The lowest BCUT2D eigenvalue weighted by atomic mass is 9.99. The zero-order valence-electron chi connectivity index (χ0n) is 17.1. The van der Waals surface area contributed by atoms with E-state index in [1.54, 1.807) is 0 Å². The molecule has 0 radical (unpaired) electrons. The third-order valence-electron chi connectivity index (χ3n) is 5.20. The van der Waals surface area contributed by atoms with Gasteiger partial charge in [0.2, 0.25) is 5.88 Å². The van der Waals surface area contributed by atoms with Crippen LogP contribution in [0.4, 0.5) is 13.2 Å². The average Bonchev–Trinajstić information content (AvgIpc) is 3.17. The molecule has 3 heterocycles. The predicted molar refractivity (Wildman–Crippen MR) is 102 cm³/mol. The summed E-state index contributed by atoms with van der Waals surface area (Å²) in [6, 6.07) is 2.68. The van der Waals surface area contributed by atoms with Crippen LogP contribution in [0, 0.1) is 5.92 Å². The van der Waals surface area contributed by atoms with E-state index in [0.717, 1.165) is 32.1 Å². The Morgan fingerprint density at radius 1 is 1.37 bits per heavy atom. The minimum atomic E-state index is -4.81. The molecule has 1 N–H and O–H groups in total. The lowest BCUT2D eigenvalue weighted by Crippen LogP contribution is -2.46. The number of nitrogens with zero attached hydrogens (tertiary/aromatic N) is 5. The summed E-state index contributed by atoms with van der Waals surface area (Å²) in [6.07, 6.45) is -1.66. The van der Waals surface area contributed by atoms with Crippen molar-refractivity contribution in [2.75, 3.05) is 26.7 Å². The number of piperidine rings is 1. The first kappa shape index (κ1) is 22.0. The summed E-state index contributed by atoms with van der Waals surface area (Å²) in [6.45, 7) is 6.21. The van der Waals surface area contributed by atoms with E-state index in [0.29, 0.717) is 10.6 Å². The predicted octanol–water partition coefficient (Wildman–Crippen LogP) is 2.54. The van der Waals surface area contributed by atoms with Crippen molar-refractivity contribution in [2.24, 2.45) is 5.92 Å². The van der Waals surface area contributed by atoms with Crippen LogP contribution in [-0.4, -0.2) is 63.6 Å². The second-order valence-corrected chi connectivity index (χ2v) is 7.55. The van der Waals surface area contributed by atoms with E-state index < -0.39 is 23.3 Å². The number of carbonyl (C=O) groups is 1. The molecule has 3 rings (SSSR count). The lowest BCUT2D eigenvalue weighted by Gasteiger charge is -2.35. The fraction of sp³-hybridized carbons (Fsp3) is 0.579. The average molecular weight is 426 g/mol. The Labute approximate surface area is 172 Å². The summed E-state index contributed by atoms with van der Waals surface area (Å²) in [7, 11) is 1.37. The third kappa shape index (κ3) is 4.89. The number of rotatable bonds is 6. The van der Waals surface area contributed by atoms with Crippen molar-refractivity contribution in [3.63, 3.8) is 0 Å². The molecular weight excluding hydrogens is 401 g/mol. The zero-order chi connectivity index (χ0) is 21.9. The number of methoxy groups -OCH3 is 1. The zero-order valence-corrected chi connectivity index (χ0v) is 17.1. The molecule has 2 atom stereocenters. The smallest absolute Gasteiger partial charge is 0.434 e. The second kappa shape index (κ2) is 8.99. The van der Waals surface area contributed by atoms with Gasteiger partial charge in [0.1, 0.15) is 0 Å². The van der Waals surface area contributed by atoms with E-state index in [2.05, 4.69) is 32.4 Å². The molecule has 8 nitrogen and oxygen atoms in total. The maximum Gasteiger partial charge on any atom is 0.434 e. The maximum atomic E-state index is 13.7. The number of amides is 1. The normalized spacial score (nSPS) is 18.8. The number of aromatic nitrogens is 4. The minimum absolute atomic E-state index is 0.0218. The fourth-order valence-corrected chi connectivity index (χ4v) is 3.59. The van der Waals surface area contributed by atoms with Gasteiger partial charge in [0, 0.05) is 25.2 Å². The minimum Gasteiger partial charge on any atom is -0.480 e. The van der Waals surface area contributed by atoms with Crippen LogP contribution in [0.2, 0.25) is 0 Å². The van der Waals surface area contributed by atoms with Crippen LogP contribution in [0.3, 0.4) is 0 Å². The number of hydrogen-bond acceptors (Lipinski definition) is 6. The van der Waals surface area contributed by atoms with E-state index in [9.17, 15) is 18.0 Å². The van der Waals surface area contributed by atoms with Crippen molar-refractivity contribution in [2.45, 2.75) is 38.9 Å². The van der Waals surface area contributed by atoms with Gasteiger partial charge in [0.25, 0.3) is 5.91 Å². The van der Waals surface area contributed by atoms with E-state index in [-0.39, 0.29) is 24.3 Å². The first-order valence-corrected chi connectivity index (χ1v) is 9.76. The molecule has 1 amide bonds. The number of carbonyl (C=O) groups excluding carboxylic acids is 1. The first-order valence-electron chi connectivity index (χ1n) is 9.76. The molecule has 1 saturated heterocycles. The molecule has 0 saturated carbocycles. The summed E-state index contributed by atoms with van der Waals surface area (Å²) in [5.41, 5.74) is -1.75. The van der Waals surface area contributed by atoms with E-state index >= 15 is 0 Å². The summed E-state index contributed by atoms with van der Waals surface area (Å²) < 4.78 is 46.7. The number of ether oxygens (including phenoxy) is 1. The van der Waals surface area contributed by atoms with Crippen LogP contribution in [0.5, 0.6) is 5.88 Å². The lowest BCUT2D eigenvalue weighted by molar-refractivity contribution is -0.143. The number of hydrogen-bond donors (Lipinski definition) is 1. The highest BCUT2D eigenvalue weighted by Crippen LogP contribution is 2.33. The molecule has 2 unspecified atom stereocenters. The summed E-state index contributed by atoms with van der Waals surface area (Å²) in [5.74, 6) is -0.277. The van der Waals surface area contributed by atoms with Crippen LogP contribution in [-0.2, 0) is 6.18 Å². The van der Waals surface area contributed by atoms with Crippen LogP contribution < -0.4 is 10.1 Å². The summed E-state index contributed by atoms with van der Waals surface area (Å²) in [5, 5.41) is 13.7. The van der Waals surface area contributed by atoms with Crippen molar-refractivity contribution < 1.29 is 22.7 Å². The van der Waals surface area contributed by atoms with Crippen LogP contribution in [0.15, 0.2) is 18.3 Å². The first-order chi connectivity index (χ1) is 14.2. The molecule has 11 heteroatoms. The van der Waals surface area contributed by atoms with E-state index in [4.69, 9.17) is 4.74 Å². The molecule has 1 aliphatic rings. The van der Waals surface area contributed by atoms with Gasteiger partial charge in [-0.2, -0.15) is 18.3 Å². The molecule has 2 aromatic heterocycles. The van der Waals surface area contributed by atoms with Crippen molar-refractivity contribution in [1.82, 2.24) is 30.2 Å². The Morgan fingerprint density at radius 3 is 2.73 bits per heavy atom. The second-order valence-electron chi connectivity index (χ2n) is 7.55. The Kier molecular flexibility index (Phi) is 6.59. The Bertz CT molecular complexity index is 868. The largest absolute Gasteiger partial charge is 0.480 e. The quantitative estimate of drug-likeness (QED) is 0.764. The Balaban J connectivity index is 1.77. The summed E-state index contributed by atoms with van der Waals surface area (Å²) in [4.78, 5) is 14.8.